The Kier molecular flexibility index (Phi) is 5.45. The van der Waals surface area contributed by atoms with Crippen LogP contribution < -0.4 is 4.74 Å². The number of hydrogen-bond acceptors (Lipinski definition) is 2. The van der Waals surface area contributed by atoms with Gasteiger partial charge in [0.1, 0.15) is 12.4 Å². The third-order valence-corrected chi connectivity index (χ3v) is 3.36. The van der Waals surface area contributed by atoms with Crippen LogP contribution in [0.4, 0.5) is 0 Å². The molecule has 2 rings (SSSR count). The fourth-order valence-electron chi connectivity index (χ4n) is 2.19. The van der Waals surface area contributed by atoms with Crippen LogP contribution in [0.15, 0.2) is 42.5 Å². The molecular formula is C17H19ClO2. The van der Waals surface area contributed by atoms with Crippen molar-refractivity contribution in [1.29, 1.82) is 0 Å². The predicted molar refractivity (Wildman–Crippen MR) is 82.4 cm³/mol. The standard InChI is InChI=1S/C17H19ClO2/c1-13-10-16(18)11-15(8-5-9-19)17(13)20-12-14-6-3-2-4-7-14/h2-4,6-7,10-11,19H,5,8-9,12H2,1H3. The van der Waals surface area contributed by atoms with E-state index in [1.165, 1.54) is 0 Å². The molecule has 0 aliphatic heterocycles. The molecule has 0 unspecified atom stereocenters. The summed E-state index contributed by atoms with van der Waals surface area (Å²) in [6.45, 7) is 2.70. The van der Waals surface area contributed by atoms with E-state index in [-0.39, 0.29) is 6.61 Å². The molecule has 0 atom stereocenters. The van der Waals surface area contributed by atoms with E-state index in [0.717, 1.165) is 28.9 Å². The summed E-state index contributed by atoms with van der Waals surface area (Å²) in [7, 11) is 0. The predicted octanol–water partition coefficient (Wildman–Crippen LogP) is 4.15. The van der Waals surface area contributed by atoms with Crippen molar-refractivity contribution in [2.45, 2.75) is 26.4 Å². The van der Waals surface area contributed by atoms with E-state index >= 15 is 0 Å². The molecule has 1 N–H and O–H groups in total. The Morgan fingerprint density at radius 1 is 1.15 bits per heavy atom. The highest BCUT2D eigenvalue weighted by Crippen LogP contribution is 2.29. The molecule has 20 heavy (non-hydrogen) atoms. The van der Waals surface area contributed by atoms with Crippen molar-refractivity contribution in [2.75, 3.05) is 6.61 Å². The molecule has 0 saturated carbocycles. The minimum Gasteiger partial charge on any atom is -0.488 e. The number of rotatable bonds is 6. The number of hydrogen-bond donors (Lipinski definition) is 1. The molecule has 0 fully saturated rings. The summed E-state index contributed by atoms with van der Waals surface area (Å²) in [5.41, 5.74) is 3.22. The lowest BCUT2D eigenvalue weighted by molar-refractivity contribution is 0.283. The maximum atomic E-state index is 8.99. The summed E-state index contributed by atoms with van der Waals surface area (Å²) in [5.74, 6) is 0.881. The maximum Gasteiger partial charge on any atom is 0.126 e. The molecule has 0 heterocycles. The van der Waals surface area contributed by atoms with Crippen molar-refractivity contribution in [3.63, 3.8) is 0 Å². The van der Waals surface area contributed by atoms with Crippen LogP contribution in [0.25, 0.3) is 0 Å². The van der Waals surface area contributed by atoms with Gasteiger partial charge in [0.2, 0.25) is 0 Å². The van der Waals surface area contributed by atoms with Gasteiger partial charge in [0.25, 0.3) is 0 Å². The van der Waals surface area contributed by atoms with Crippen molar-refractivity contribution in [3.8, 4) is 5.75 Å². The van der Waals surface area contributed by atoms with E-state index in [1.807, 2.05) is 49.4 Å². The number of ether oxygens (including phenoxy) is 1. The molecule has 106 valence electrons. The van der Waals surface area contributed by atoms with E-state index in [4.69, 9.17) is 21.4 Å². The van der Waals surface area contributed by atoms with Crippen molar-refractivity contribution in [2.24, 2.45) is 0 Å². The van der Waals surface area contributed by atoms with E-state index in [9.17, 15) is 0 Å². The molecular weight excluding hydrogens is 272 g/mol. The van der Waals surface area contributed by atoms with Crippen LogP contribution in [0.5, 0.6) is 5.75 Å². The molecule has 0 aromatic heterocycles. The van der Waals surface area contributed by atoms with Gasteiger partial charge in [-0.3, -0.25) is 0 Å². The van der Waals surface area contributed by atoms with E-state index in [0.29, 0.717) is 18.1 Å². The molecule has 2 nitrogen and oxygen atoms in total. The molecule has 0 aliphatic rings. The summed E-state index contributed by atoms with van der Waals surface area (Å²) < 4.78 is 5.97. The average Bonchev–Trinajstić information content (AvgIpc) is 2.45. The van der Waals surface area contributed by atoms with Gasteiger partial charge in [0.05, 0.1) is 0 Å². The molecule has 0 aliphatic carbocycles. The second kappa shape index (κ2) is 7.32. The molecule has 3 heteroatoms. The van der Waals surface area contributed by atoms with E-state index in [1.54, 1.807) is 0 Å². The minimum absolute atomic E-state index is 0.170. The Balaban J connectivity index is 2.16. The molecule has 0 radical (unpaired) electrons. The van der Waals surface area contributed by atoms with Crippen LogP contribution in [0.2, 0.25) is 5.02 Å². The third-order valence-electron chi connectivity index (χ3n) is 3.15. The molecule has 0 spiro atoms. The normalized spacial score (nSPS) is 10.6. The van der Waals surface area contributed by atoms with Gasteiger partial charge in [0, 0.05) is 11.6 Å². The summed E-state index contributed by atoms with van der Waals surface area (Å²) in [4.78, 5) is 0. The zero-order valence-electron chi connectivity index (χ0n) is 11.6. The van der Waals surface area contributed by atoms with Crippen LogP contribution in [-0.4, -0.2) is 11.7 Å². The second-order valence-electron chi connectivity index (χ2n) is 4.81. The van der Waals surface area contributed by atoms with Gasteiger partial charge < -0.3 is 9.84 Å². The van der Waals surface area contributed by atoms with Crippen LogP contribution >= 0.6 is 11.6 Å². The number of aliphatic hydroxyl groups is 1. The molecule has 0 amide bonds. The summed E-state index contributed by atoms with van der Waals surface area (Å²) in [6, 6.07) is 13.9. The number of aliphatic hydroxyl groups excluding tert-OH is 1. The fourth-order valence-corrected chi connectivity index (χ4v) is 2.49. The van der Waals surface area contributed by atoms with E-state index < -0.39 is 0 Å². The van der Waals surface area contributed by atoms with Crippen LogP contribution in [0, 0.1) is 6.92 Å². The third kappa shape index (κ3) is 3.99. The number of aryl methyl sites for hydroxylation is 2. The first kappa shape index (κ1) is 14.9. The highest BCUT2D eigenvalue weighted by molar-refractivity contribution is 6.30. The quantitative estimate of drug-likeness (QED) is 0.866. The van der Waals surface area contributed by atoms with Crippen LogP contribution in [0.3, 0.4) is 0 Å². The second-order valence-corrected chi connectivity index (χ2v) is 5.25. The first-order valence-electron chi connectivity index (χ1n) is 6.77. The fraction of sp³-hybridized carbons (Fsp3) is 0.294. The van der Waals surface area contributed by atoms with Gasteiger partial charge in [-0.25, -0.2) is 0 Å². The Morgan fingerprint density at radius 3 is 2.60 bits per heavy atom. The topological polar surface area (TPSA) is 29.5 Å². The number of benzene rings is 2. The highest BCUT2D eigenvalue weighted by Gasteiger charge is 2.09. The Bertz CT molecular complexity index is 552. The zero-order valence-corrected chi connectivity index (χ0v) is 12.4. The largest absolute Gasteiger partial charge is 0.488 e. The monoisotopic (exact) mass is 290 g/mol. The van der Waals surface area contributed by atoms with Gasteiger partial charge in [-0.2, -0.15) is 0 Å². The summed E-state index contributed by atoms with van der Waals surface area (Å²) in [6.07, 6.45) is 1.48. The Morgan fingerprint density at radius 2 is 1.90 bits per heavy atom. The highest BCUT2D eigenvalue weighted by atomic mass is 35.5. The van der Waals surface area contributed by atoms with Gasteiger partial charge in [0.15, 0.2) is 0 Å². The smallest absolute Gasteiger partial charge is 0.126 e. The van der Waals surface area contributed by atoms with Gasteiger partial charge >= 0.3 is 0 Å². The number of halogens is 1. The van der Waals surface area contributed by atoms with Crippen molar-refractivity contribution >= 4 is 11.6 Å². The van der Waals surface area contributed by atoms with E-state index in [2.05, 4.69) is 0 Å². The Hall–Kier alpha value is -1.51. The summed E-state index contributed by atoms with van der Waals surface area (Å²) in [5, 5.41) is 9.70. The average molecular weight is 291 g/mol. The molecule has 0 saturated heterocycles. The summed E-state index contributed by atoms with van der Waals surface area (Å²) >= 11 is 6.10. The van der Waals surface area contributed by atoms with Crippen molar-refractivity contribution < 1.29 is 9.84 Å². The first-order chi connectivity index (χ1) is 9.70. The molecule has 2 aromatic rings. The van der Waals surface area contributed by atoms with Crippen LogP contribution in [-0.2, 0) is 13.0 Å². The lowest BCUT2D eigenvalue weighted by Gasteiger charge is -2.15. The van der Waals surface area contributed by atoms with Gasteiger partial charge in [-0.05, 0) is 48.6 Å². The molecule has 0 bridgehead atoms. The van der Waals surface area contributed by atoms with Gasteiger partial charge in [-0.1, -0.05) is 41.9 Å². The zero-order chi connectivity index (χ0) is 14.4. The molecule has 2 aromatic carbocycles. The van der Waals surface area contributed by atoms with Crippen molar-refractivity contribution in [3.05, 3.63) is 64.2 Å². The van der Waals surface area contributed by atoms with Gasteiger partial charge in [-0.15, -0.1) is 0 Å². The van der Waals surface area contributed by atoms with Crippen LogP contribution in [0.1, 0.15) is 23.1 Å². The SMILES string of the molecule is Cc1cc(Cl)cc(CCCO)c1OCc1ccccc1. The maximum absolute atomic E-state index is 8.99. The lowest BCUT2D eigenvalue weighted by atomic mass is 10.1. The minimum atomic E-state index is 0.170. The Labute approximate surface area is 125 Å². The first-order valence-corrected chi connectivity index (χ1v) is 7.15. The lowest BCUT2D eigenvalue weighted by Crippen LogP contribution is -2.01. The van der Waals surface area contributed by atoms with Crippen molar-refractivity contribution in [1.82, 2.24) is 0 Å².